The standard InChI is InChI=1S/C13H25N3O/c1-11(8-13(4,9-14)15-5)16-6-7-17-12(2,3)10-16/h11,15H,6-8,10H2,1-5H3. The monoisotopic (exact) mass is 239 g/mol. The van der Waals surface area contributed by atoms with E-state index in [-0.39, 0.29) is 5.60 Å². The molecule has 1 heterocycles. The molecule has 4 heteroatoms. The van der Waals surface area contributed by atoms with Gasteiger partial charge in [-0.2, -0.15) is 5.26 Å². The molecular weight excluding hydrogens is 214 g/mol. The first-order valence-corrected chi connectivity index (χ1v) is 6.30. The summed E-state index contributed by atoms with van der Waals surface area (Å²) in [6.45, 7) is 11.0. The summed E-state index contributed by atoms with van der Waals surface area (Å²) >= 11 is 0. The number of nitrogens with one attached hydrogen (secondary N) is 1. The first kappa shape index (κ1) is 14.4. The van der Waals surface area contributed by atoms with Crippen molar-refractivity contribution in [1.82, 2.24) is 10.2 Å². The Morgan fingerprint density at radius 3 is 2.71 bits per heavy atom. The van der Waals surface area contributed by atoms with E-state index < -0.39 is 5.54 Å². The lowest BCUT2D eigenvalue weighted by atomic mass is 9.93. The maximum atomic E-state index is 9.18. The second-order valence-electron chi connectivity index (χ2n) is 5.83. The zero-order chi connectivity index (χ0) is 13.1. The van der Waals surface area contributed by atoms with Gasteiger partial charge in [0, 0.05) is 19.1 Å². The van der Waals surface area contributed by atoms with Crippen LogP contribution in [0.2, 0.25) is 0 Å². The highest BCUT2D eigenvalue weighted by Crippen LogP contribution is 2.22. The molecule has 17 heavy (non-hydrogen) atoms. The maximum absolute atomic E-state index is 9.18. The van der Waals surface area contributed by atoms with E-state index in [4.69, 9.17) is 4.74 Å². The SMILES string of the molecule is CNC(C)(C#N)CC(C)N1CCOC(C)(C)C1. The number of hydrogen-bond donors (Lipinski definition) is 1. The zero-order valence-electron chi connectivity index (χ0n) is 11.7. The molecule has 0 aromatic carbocycles. The van der Waals surface area contributed by atoms with Crippen LogP contribution in [0.1, 0.15) is 34.1 Å². The molecule has 0 amide bonds. The summed E-state index contributed by atoms with van der Waals surface area (Å²) in [5.74, 6) is 0. The van der Waals surface area contributed by atoms with Crippen LogP contribution in [0.3, 0.4) is 0 Å². The number of nitriles is 1. The third-order valence-electron chi connectivity index (χ3n) is 3.58. The van der Waals surface area contributed by atoms with E-state index in [0.29, 0.717) is 6.04 Å². The predicted octanol–water partition coefficient (Wildman–Crippen LogP) is 1.38. The van der Waals surface area contributed by atoms with Gasteiger partial charge in [0.15, 0.2) is 0 Å². The molecule has 0 aromatic heterocycles. The summed E-state index contributed by atoms with van der Waals surface area (Å²) < 4.78 is 5.71. The third-order valence-corrected chi connectivity index (χ3v) is 3.58. The smallest absolute Gasteiger partial charge is 0.105 e. The van der Waals surface area contributed by atoms with E-state index >= 15 is 0 Å². The summed E-state index contributed by atoms with van der Waals surface area (Å²) in [4.78, 5) is 2.41. The minimum absolute atomic E-state index is 0.0742. The Kier molecular flexibility index (Phi) is 4.54. The summed E-state index contributed by atoms with van der Waals surface area (Å²) in [5.41, 5.74) is -0.517. The van der Waals surface area contributed by atoms with E-state index in [2.05, 4.69) is 37.1 Å². The molecule has 1 rings (SSSR count). The fourth-order valence-corrected chi connectivity index (χ4v) is 2.35. The average Bonchev–Trinajstić information content (AvgIpc) is 2.27. The lowest BCUT2D eigenvalue weighted by molar-refractivity contribution is -0.0971. The van der Waals surface area contributed by atoms with E-state index in [1.54, 1.807) is 0 Å². The Balaban J connectivity index is 2.59. The highest BCUT2D eigenvalue weighted by molar-refractivity contribution is 5.05. The molecule has 0 bridgehead atoms. The van der Waals surface area contributed by atoms with Crippen LogP contribution in [0.15, 0.2) is 0 Å². The van der Waals surface area contributed by atoms with Crippen LogP contribution in [0.5, 0.6) is 0 Å². The molecule has 1 fully saturated rings. The van der Waals surface area contributed by atoms with Crippen molar-refractivity contribution in [3.63, 3.8) is 0 Å². The van der Waals surface area contributed by atoms with E-state index in [1.165, 1.54) is 0 Å². The third kappa shape index (κ3) is 3.95. The quantitative estimate of drug-likeness (QED) is 0.805. The molecule has 1 aliphatic rings. The van der Waals surface area contributed by atoms with Gasteiger partial charge in [-0.15, -0.1) is 0 Å². The second kappa shape index (κ2) is 5.34. The van der Waals surface area contributed by atoms with Gasteiger partial charge in [-0.1, -0.05) is 0 Å². The number of hydrogen-bond acceptors (Lipinski definition) is 4. The number of morpholine rings is 1. The normalized spacial score (nSPS) is 25.9. The predicted molar refractivity (Wildman–Crippen MR) is 68.8 cm³/mol. The Hall–Kier alpha value is -0.630. The highest BCUT2D eigenvalue weighted by atomic mass is 16.5. The highest BCUT2D eigenvalue weighted by Gasteiger charge is 2.33. The lowest BCUT2D eigenvalue weighted by Gasteiger charge is -2.42. The van der Waals surface area contributed by atoms with Gasteiger partial charge in [-0.3, -0.25) is 4.90 Å². The molecule has 4 nitrogen and oxygen atoms in total. The van der Waals surface area contributed by atoms with Crippen LogP contribution < -0.4 is 5.32 Å². The van der Waals surface area contributed by atoms with Gasteiger partial charge >= 0.3 is 0 Å². The minimum atomic E-state index is -0.443. The van der Waals surface area contributed by atoms with E-state index in [0.717, 1.165) is 26.1 Å². The second-order valence-corrected chi connectivity index (χ2v) is 5.83. The van der Waals surface area contributed by atoms with Crippen molar-refractivity contribution in [2.24, 2.45) is 0 Å². The first-order chi connectivity index (χ1) is 7.82. The van der Waals surface area contributed by atoms with Crippen molar-refractivity contribution in [2.75, 3.05) is 26.7 Å². The zero-order valence-corrected chi connectivity index (χ0v) is 11.7. The maximum Gasteiger partial charge on any atom is 0.105 e. The molecule has 0 aromatic rings. The molecule has 2 unspecified atom stereocenters. The molecule has 0 radical (unpaired) electrons. The molecular formula is C13H25N3O. The molecule has 1 N–H and O–H groups in total. The van der Waals surface area contributed by atoms with Crippen LogP contribution in [0.25, 0.3) is 0 Å². The summed E-state index contributed by atoms with van der Waals surface area (Å²) in [6.07, 6.45) is 0.829. The Morgan fingerprint density at radius 2 is 2.24 bits per heavy atom. The van der Waals surface area contributed by atoms with Crippen molar-refractivity contribution >= 4 is 0 Å². The fraction of sp³-hybridized carbons (Fsp3) is 0.923. The van der Waals surface area contributed by atoms with Gasteiger partial charge < -0.3 is 10.1 Å². The number of ether oxygens (including phenoxy) is 1. The average molecular weight is 239 g/mol. The van der Waals surface area contributed by atoms with E-state index in [1.807, 2.05) is 14.0 Å². The summed E-state index contributed by atoms with van der Waals surface area (Å²) in [7, 11) is 1.85. The molecule has 0 aliphatic carbocycles. The van der Waals surface area contributed by atoms with Gasteiger partial charge in [0.05, 0.1) is 18.3 Å². The molecule has 1 aliphatic heterocycles. The summed E-state index contributed by atoms with van der Waals surface area (Å²) in [6, 6.07) is 2.73. The van der Waals surface area contributed by atoms with Gasteiger partial charge in [0.25, 0.3) is 0 Å². The van der Waals surface area contributed by atoms with Crippen LogP contribution in [0.4, 0.5) is 0 Å². The lowest BCUT2D eigenvalue weighted by Crippen LogP contribution is -2.54. The summed E-state index contributed by atoms with van der Waals surface area (Å²) in [5, 5.41) is 12.3. The fourth-order valence-electron chi connectivity index (χ4n) is 2.35. The molecule has 0 saturated carbocycles. The van der Waals surface area contributed by atoms with Crippen LogP contribution in [0, 0.1) is 11.3 Å². The minimum Gasteiger partial charge on any atom is -0.373 e. The Morgan fingerprint density at radius 1 is 1.59 bits per heavy atom. The van der Waals surface area contributed by atoms with E-state index in [9.17, 15) is 5.26 Å². The largest absolute Gasteiger partial charge is 0.373 e. The van der Waals surface area contributed by atoms with Crippen LogP contribution in [-0.2, 0) is 4.74 Å². The van der Waals surface area contributed by atoms with Gasteiger partial charge in [-0.25, -0.2) is 0 Å². The van der Waals surface area contributed by atoms with Crippen molar-refractivity contribution < 1.29 is 4.74 Å². The van der Waals surface area contributed by atoms with Crippen molar-refractivity contribution in [3.05, 3.63) is 0 Å². The molecule has 98 valence electrons. The van der Waals surface area contributed by atoms with Crippen molar-refractivity contribution in [3.8, 4) is 6.07 Å². The molecule has 1 saturated heterocycles. The topological polar surface area (TPSA) is 48.3 Å². The molecule has 2 atom stereocenters. The van der Waals surface area contributed by atoms with Gasteiger partial charge in [0.2, 0.25) is 0 Å². The van der Waals surface area contributed by atoms with Crippen LogP contribution >= 0.6 is 0 Å². The van der Waals surface area contributed by atoms with Gasteiger partial charge in [-0.05, 0) is 41.2 Å². The van der Waals surface area contributed by atoms with Crippen LogP contribution in [-0.4, -0.2) is 48.8 Å². The Labute approximate surface area is 105 Å². The number of rotatable bonds is 4. The van der Waals surface area contributed by atoms with Crippen molar-refractivity contribution in [1.29, 1.82) is 5.26 Å². The van der Waals surface area contributed by atoms with Gasteiger partial charge in [0.1, 0.15) is 5.54 Å². The molecule has 0 spiro atoms. The Bertz CT molecular complexity index is 298. The number of nitrogens with zero attached hydrogens (tertiary/aromatic N) is 2. The first-order valence-electron chi connectivity index (χ1n) is 6.30. The van der Waals surface area contributed by atoms with Crippen molar-refractivity contribution in [2.45, 2.75) is 51.3 Å².